The molecule has 0 aromatic carbocycles. The molecule has 2 aromatic heterocycles. The Morgan fingerprint density at radius 2 is 2.29 bits per heavy atom. The van der Waals surface area contributed by atoms with Crippen LogP contribution in [0.5, 0.6) is 0 Å². The van der Waals surface area contributed by atoms with Gasteiger partial charge in [-0.1, -0.05) is 17.7 Å². The highest BCUT2D eigenvalue weighted by atomic mass is 35.5. The van der Waals surface area contributed by atoms with Crippen molar-refractivity contribution >= 4 is 28.6 Å². The number of pyridine rings is 1. The molecule has 2 heterocycles. The molecule has 1 unspecified atom stereocenters. The molecule has 1 saturated carbocycles. The highest BCUT2D eigenvalue weighted by Crippen LogP contribution is 2.44. The summed E-state index contributed by atoms with van der Waals surface area (Å²) in [5.74, 6) is 0.764. The van der Waals surface area contributed by atoms with Crippen LogP contribution in [-0.2, 0) is 0 Å². The van der Waals surface area contributed by atoms with Gasteiger partial charge in [0.05, 0.1) is 6.04 Å². The first-order chi connectivity index (χ1) is 8.33. The smallest absolute Gasteiger partial charge is 0.131 e. The van der Waals surface area contributed by atoms with E-state index >= 15 is 0 Å². The summed E-state index contributed by atoms with van der Waals surface area (Å²) in [4.78, 5) is 5.40. The summed E-state index contributed by atoms with van der Waals surface area (Å²) in [5, 5.41) is 6.24. The number of rotatable bonds is 4. The van der Waals surface area contributed by atoms with E-state index in [1.165, 1.54) is 17.7 Å². The van der Waals surface area contributed by atoms with Crippen LogP contribution < -0.4 is 5.32 Å². The molecule has 0 radical (unpaired) electrons. The predicted octanol–water partition coefficient (Wildman–Crippen LogP) is 4.36. The molecule has 1 fully saturated rings. The van der Waals surface area contributed by atoms with E-state index in [1.54, 1.807) is 6.20 Å². The van der Waals surface area contributed by atoms with Crippen molar-refractivity contribution in [3.63, 3.8) is 0 Å². The first-order valence-corrected chi connectivity index (χ1v) is 7.00. The number of thiophene rings is 1. The van der Waals surface area contributed by atoms with Crippen LogP contribution in [0.2, 0.25) is 5.15 Å². The molecule has 1 aliphatic carbocycles. The Balaban J connectivity index is 1.81. The molecule has 0 saturated heterocycles. The SMILES string of the molecule is Clc1cc(NC(c2cccs2)C2CC2)ccn1. The van der Waals surface area contributed by atoms with Crippen molar-refractivity contribution in [2.45, 2.75) is 18.9 Å². The van der Waals surface area contributed by atoms with Crippen LogP contribution in [-0.4, -0.2) is 4.98 Å². The molecule has 2 aromatic rings. The zero-order valence-electron chi connectivity index (χ0n) is 9.27. The number of nitrogens with one attached hydrogen (secondary N) is 1. The third-order valence-corrected chi connectivity index (χ3v) is 4.15. The van der Waals surface area contributed by atoms with Gasteiger partial charge in [0.2, 0.25) is 0 Å². The standard InChI is InChI=1S/C13H13ClN2S/c14-12-8-10(5-6-15-12)16-13(9-3-4-9)11-2-1-7-17-11/h1-2,5-9,13H,3-4H2,(H,15,16). The lowest BCUT2D eigenvalue weighted by Gasteiger charge is -2.18. The molecule has 0 aliphatic heterocycles. The van der Waals surface area contributed by atoms with Crippen molar-refractivity contribution in [3.05, 3.63) is 45.9 Å². The average molecular weight is 265 g/mol. The molecule has 0 amide bonds. The Morgan fingerprint density at radius 1 is 1.41 bits per heavy atom. The van der Waals surface area contributed by atoms with Crippen molar-refractivity contribution in [2.75, 3.05) is 5.32 Å². The van der Waals surface area contributed by atoms with Crippen LogP contribution in [0.25, 0.3) is 0 Å². The lowest BCUT2D eigenvalue weighted by atomic mass is 10.1. The molecular formula is C13H13ClN2S. The number of hydrogen-bond acceptors (Lipinski definition) is 3. The fourth-order valence-corrected chi connectivity index (χ4v) is 3.03. The Hall–Kier alpha value is -1.06. The number of hydrogen-bond donors (Lipinski definition) is 1. The number of halogens is 1. The van der Waals surface area contributed by atoms with E-state index < -0.39 is 0 Å². The zero-order valence-corrected chi connectivity index (χ0v) is 10.8. The Labute approximate surface area is 110 Å². The van der Waals surface area contributed by atoms with Crippen molar-refractivity contribution in [3.8, 4) is 0 Å². The van der Waals surface area contributed by atoms with E-state index in [4.69, 9.17) is 11.6 Å². The van der Waals surface area contributed by atoms with E-state index in [2.05, 4.69) is 27.8 Å². The first kappa shape index (κ1) is 11.1. The number of anilines is 1. The van der Waals surface area contributed by atoms with E-state index in [-0.39, 0.29) is 0 Å². The second-order valence-corrected chi connectivity index (χ2v) is 5.71. The van der Waals surface area contributed by atoms with Crippen LogP contribution in [0.15, 0.2) is 35.8 Å². The van der Waals surface area contributed by atoms with Crippen LogP contribution in [0, 0.1) is 5.92 Å². The largest absolute Gasteiger partial charge is 0.377 e. The van der Waals surface area contributed by atoms with Gasteiger partial charge < -0.3 is 5.32 Å². The molecule has 0 spiro atoms. The third kappa shape index (κ3) is 2.61. The maximum atomic E-state index is 5.90. The summed E-state index contributed by atoms with van der Waals surface area (Å²) in [7, 11) is 0. The molecule has 1 N–H and O–H groups in total. The molecule has 1 atom stereocenters. The van der Waals surface area contributed by atoms with Crippen LogP contribution in [0.1, 0.15) is 23.8 Å². The van der Waals surface area contributed by atoms with E-state index in [0.717, 1.165) is 11.6 Å². The quantitative estimate of drug-likeness (QED) is 0.830. The van der Waals surface area contributed by atoms with Gasteiger partial charge in [-0.3, -0.25) is 0 Å². The lowest BCUT2D eigenvalue weighted by molar-refractivity contribution is 0.691. The third-order valence-electron chi connectivity index (χ3n) is 2.99. The highest BCUT2D eigenvalue weighted by molar-refractivity contribution is 7.10. The Kier molecular flexibility index (Phi) is 3.04. The molecule has 3 rings (SSSR count). The molecule has 1 aliphatic rings. The predicted molar refractivity (Wildman–Crippen MR) is 72.7 cm³/mol. The summed E-state index contributed by atoms with van der Waals surface area (Å²) >= 11 is 7.71. The summed E-state index contributed by atoms with van der Waals surface area (Å²) in [6, 6.07) is 8.58. The monoisotopic (exact) mass is 264 g/mol. The van der Waals surface area contributed by atoms with Crippen molar-refractivity contribution < 1.29 is 0 Å². The summed E-state index contributed by atoms with van der Waals surface area (Å²) in [6.07, 6.45) is 4.37. The van der Waals surface area contributed by atoms with Gasteiger partial charge in [-0.25, -0.2) is 4.98 Å². The topological polar surface area (TPSA) is 24.9 Å². The van der Waals surface area contributed by atoms with E-state index in [1.807, 2.05) is 23.5 Å². The fourth-order valence-electron chi connectivity index (χ4n) is 1.99. The minimum Gasteiger partial charge on any atom is -0.377 e. The van der Waals surface area contributed by atoms with Gasteiger partial charge in [0.15, 0.2) is 0 Å². The van der Waals surface area contributed by atoms with Gasteiger partial charge in [0.25, 0.3) is 0 Å². The van der Waals surface area contributed by atoms with Gasteiger partial charge >= 0.3 is 0 Å². The molecule has 4 heteroatoms. The Morgan fingerprint density at radius 3 is 2.94 bits per heavy atom. The van der Waals surface area contributed by atoms with E-state index in [0.29, 0.717) is 11.2 Å². The van der Waals surface area contributed by atoms with Gasteiger partial charge in [-0.2, -0.15) is 0 Å². The molecule has 17 heavy (non-hydrogen) atoms. The van der Waals surface area contributed by atoms with Crippen LogP contribution in [0.3, 0.4) is 0 Å². The minimum atomic E-state index is 0.425. The molecular weight excluding hydrogens is 252 g/mol. The van der Waals surface area contributed by atoms with Gasteiger partial charge in [0, 0.05) is 16.8 Å². The van der Waals surface area contributed by atoms with Crippen molar-refractivity contribution in [2.24, 2.45) is 5.92 Å². The van der Waals surface area contributed by atoms with Crippen molar-refractivity contribution in [1.82, 2.24) is 4.98 Å². The minimum absolute atomic E-state index is 0.425. The highest BCUT2D eigenvalue weighted by Gasteiger charge is 2.32. The van der Waals surface area contributed by atoms with Crippen LogP contribution in [0.4, 0.5) is 5.69 Å². The average Bonchev–Trinajstić information content (AvgIpc) is 3.01. The first-order valence-electron chi connectivity index (χ1n) is 5.74. The zero-order chi connectivity index (χ0) is 11.7. The molecule has 0 bridgehead atoms. The summed E-state index contributed by atoms with van der Waals surface area (Å²) in [6.45, 7) is 0. The summed E-state index contributed by atoms with van der Waals surface area (Å²) in [5.41, 5.74) is 1.05. The summed E-state index contributed by atoms with van der Waals surface area (Å²) < 4.78 is 0. The fraction of sp³-hybridized carbons (Fsp3) is 0.308. The molecule has 88 valence electrons. The second-order valence-electron chi connectivity index (χ2n) is 4.34. The van der Waals surface area contributed by atoms with Gasteiger partial charge in [0.1, 0.15) is 5.15 Å². The molecule has 2 nitrogen and oxygen atoms in total. The maximum absolute atomic E-state index is 5.90. The number of aromatic nitrogens is 1. The normalized spacial score (nSPS) is 16.8. The van der Waals surface area contributed by atoms with E-state index in [9.17, 15) is 0 Å². The lowest BCUT2D eigenvalue weighted by Crippen LogP contribution is -2.11. The maximum Gasteiger partial charge on any atom is 0.131 e. The second kappa shape index (κ2) is 4.67. The van der Waals surface area contributed by atoms with Crippen LogP contribution >= 0.6 is 22.9 Å². The number of nitrogens with zero attached hydrogens (tertiary/aromatic N) is 1. The van der Waals surface area contributed by atoms with Gasteiger partial charge in [-0.15, -0.1) is 11.3 Å². The Bertz CT molecular complexity index is 494. The van der Waals surface area contributed by atoms with Crippen molar-refractivity contribution in [1.29, 1.82) is 0 Å². The van der Waals surface area contributed by atoms with Gasteiger partial charge in [-0.05, 0) is 42.3 Å².